The molecule has 4 nitrogen and oxygen atoms in total. The van der Waals surface area contributed by atoms with Gasteiger partial charge in [-0.2, -0.15) is 0 Å². The van der Waals surface area contributed by atoms with Gasteiger partial charge in [0, 0.05) is 19.6 Å². The van der Waals surface area contributed by atoms with E-state index in [-0.39, 0.29) is 6.09 Å². The summed E-state index contributed by atoms with van der Waals surface area (Å²) in [6.07, 6.45) is 1.87. The Hall–Kier alpha value is -0.770. The monoisotopic (exact) mass is 258 g/mol. The lowest BCUT2D eigenvalue weighted by molar-refractivity contribution is 0.0295. The number of hydrogen-bond donors (Lipinski definition) is 0. The van der Waals surface area contributed by atoms with Gasteiger partial charge in [0.2, 0.25) is 0 Å². The van der Waals surface area contributed by atoms with E-state index in [1.807, 2.05) is 20.8 Å². The largest absolute Gasteiger partial charge is 0.444 e. The summed E-state index contributed by atoms with van der Waals surface area (Å²) >= 11 is 0. The maximum Gasteiger partial charge on any atom is 0.410 e. The summed E-state index contributed by atoms with van der Waals surface area (Å²) in [6, 6.07) is 0.577. The van der Waals surface area contributed by atoms with E-state index in [4.69, 9.17) is 4.74 Å². The normalized spacial score (nSPS) is 12.1. The summed E-state index contributed by atoms with van der Waals surface area (Å²) < 4.78 is 5.29. The molecule has 18 heavy (non-hydrogen) atoms. The fraction of sp³-hybridized carbons (Fsp3) is 0.929. The minimum atomic E-state index is -0.413. The van der Waals surface area contributed by atoms with E-state index in [0.29, 0.717) is 6.04 Å². The molecule has 0 heterocycles. The molecule has 0 aromatic rings. The number of unbranched alkanes of at least 4 members (excludes halogenated alkanes) is 1. The first kappa shape index (κ1) is 17.2. The number of amides is 1. The Bertz CT molecular complexity index is 247. The highest BCUT2D eigenvalue weighted by atomic mass is 16.6. The summed E-state index contributed by atoms with van der Waals surface area (Å²) in [5, 5.41) is 0. The van der Waals surface area contributed by atoms with Crippen molar-refractivity contribution >= 4 is 6.09 Å². The van der Waals surface area contributed by atoms with Crippen molar-refractivity contribution in [3.63, 3.8) is 0 Å². The van der Waals surface area contributed by atoms with Gasteiger partial charge in [0.05, 0.1) is 0 Å². The van der Waals surface area contributed by atoms with Crippen LogP contribution in [0.15, 0.2) is 0 Å². The number of nitrogens with zero attached hydrogens (tertiary/aromatic N) is 2. The predicted octanol–water partition coefficient (Wildman–Crippen LogP) is 2.97. The second-order valence-corrected chi connectivity index (χ2v) is 6.18. The molecule has 4 heteroatoms. The van der Waals surface area contributed by atoms with Crippen molar-refractivity contribution in [2.75, 3.05) is 27.2 Å². The topological polar surface area (TPSA) is 32.8 Å². The third-order valence-electron chi connectivity index (χ3n) is 2.84. The molecule has 0 aliphatic carbocycles. The Labute approximate surface area is 112 Å². The summed E-state index contributed by atoms with van der Waals surface area (Å²) in [5.41, 5.74) is -0.413. The van der Waals surface area contributed by atoms with E-state index in [2.05, 4.69) is 25.8 Å². The van der Waals surface area contributed by atoms with E-state index >= 15 is 0 Å². The van der Waals surface area contributed by atoms with Gasteiger partial charge >= 0.3 is 6.09 Å². The summed E-state index contributed by atoms with van der Waals surface area (Å²) in [4.78, 5) is 15.7. The van der Waals surface area contributed by atoms with E-state index < -0.39 is 5.60 Å². The molecule has 0 aromatic heterocycles. The van der Waals surface area contributed by atoms with Crippen molar-refractivity contribution in [3.8, 4) is 0 Å². The summed E-state index contributed by atoms with van der Waals surface area (Å²) in [7, 11) is 3.92. The van der Waals surface area contributed by atoms with Crippen LogP contribution in [-0.4, -0.2) is 54.7 Å². The maximum atomic E-state index is 11.7. The first-order valence-corrected chi connectivity index (χ1v) is 6.78. The van der Waals surface area contributed by atoms with Crippen LogP contribution in [0.5, 0.6) is 0 Å². The quantitative estimate of drug-likeness (QED) is 0.687. The molecule has 0 aliphatic heterocycles. The highest BCUT2D eigenvalue weighted by molar-refractivity contribution is 5.67. The first-order valence-electron chi connectivity index (χ1n) is 6.78. The number of rotatable bonds is 6. The van der Waals surface area contributed by atoms with Gasteiger partial charge in [-0.15, -0.1) is 0 Å². The minimum absolute atomic E-state index is 0.236. The van der Waals surface area contributed by atoms with Crippen molar-refractivity contribution in [2.24, 2.45) is 0 Å². The van der Waals surface area contributed by atoms with Gasteiger partial charge in [0.25, 0.3) is 0 Å². The Morgan fingerprint density at radius 2 is 1.61 bits per heavy atom. The van der Waals surface area contributed by atoms with E-state index in [0.717, 1.165) is 25.9 Å². The molecular weight excluding hydrogens is 228 g/mol. The molecule has 0 radical (unpaired) electrons. The molecule has 0 bridgehead atoms. The molecule has 0 aliphatic rings. The lowest BCUT2D eigenvalue weighted by Crippen LogP contribution is -2.35. The number of carbonyl (C=O) groups is 1. The lowest BCUT2D eigenvalue weighted by atomic mass is 10.2. The summed E-state index contributed by atoms with van der Waals surface area (Å²) in [5.74, 6) is 0. The molecule has 0 atom stereocenters. The van der Waals surface area contributed by atoms with Gasteiger partial charge < -0.3 is 14.5 Å². The van der Waals surface area contributed by atoms with E-state index in [1.54, 1.807) is 11.9 Å². The zero-order valence-corrected chi connectivity index (χ0v) is 13.1. The fourth-order valence-corrected chi connectivity index (χ4v) is 1.40. The Balaban J connectivity index is 3.77. The standard InChI is InChI=1S/C14H30N2O2/c1-12(2)15(6)10-8-9-11-16(7)13(17)18-14(3,4)5/h12H,8-11H2,1-7H3. The van der Waals surface area contributed by atoms with Crippen LogP contribution in [-0.2, 0) is 4.74 Å². The highest BCUT2D eigenvalue weighted by Crippen LogP contribution is 2.09. The van der Waals surface area contributed by atoms with Crippen molar-refractivity contribution in [3.05, 3.63) is 0 Å². The molecular formula is C14H30N2O2. The molecule has 0 saturated carbocycles. The predicted molar refractivity (Wildman–Crippen MR) is 75.9 cm³/mol. The van der Waals surface area contributed by atoms with Crippen LogP contribution in [0.1, 0.15) is 47.5 Å². The highest BCUT2D eigenvalue weighted by Gasteiger charge is 2.19. The third-order valence-corrected chi connectivity index (χ3v) is 2.84. The second-order valence-electron chi connectivity index (χ2n) is 6.18. The van der Waals surface area contributed by atoms with Crippen molar-refractivity contribution < 1.29 is 9.53 Å². The summed E-state index contributed by atoms with van der Waals surface area (Å²) in [6.45, 7) is 11.9. The molecule has 0 unspecified atom stereocenters. The van der Waals surface area contributed by atoms with Gasteiger partial charge in [0.15, 0.2) is 0 Å². The number of ether oxygens (including phenoxy) is 1. The van der Waals surface area contributed by atoms with Crippen molar-refractivity contribution in [2.45, 2.75) is 59.1 Å². The molecule has 0 fully saturated rings. The SMILES string of the molecule is CC(C)N(C)CCCCN(C)C(=O)OC(C)(C)C. The molecule has 0 spiro atoms. The minimum Gasteiger partial charge on any atom is -0.444 e. The average molecular weight is 258 g/mol. The number of hydrogen-bond acceptors (Lipinski definition) is 3. The van der Waals surface area contributed by atoms with Crippen LogP contribution in [0.3, 0.4) is 0 Å². The molecule has 0 saturated heterocycles. The van der Waals surface area contributed by atoms with Crippen LogP contribution in [0.2, 0.25) is 0 Å². The third kappa shape index (κ3) is 8.34. The molecule has 0 N–H and O–H groups in total. The first-order chi connectivity index (χ1) is 8.13. The molecule has 108 valence electrons. The molecule has 1 amide bonds. The van der Waals surface area contributed by atoms with Crippen LogP contribution in [0.4, 0.5) is 4.79 Å². The van der Waals surface area contributed by atoms with Gasteiger partial charge in [-0.1, -0.05) is 0 Å². The Kier molecular flexibility index (Phi) is 7.29. The van der Waals surface area contributed by atoms with E-state index in [9.17, 15) is 4.79 Å². The van der Waals surface area contributed by atoms with Gasteiger partial charge in [-0.25, -0.2) is 4.79 Å². The zero-order valence-electron chi connectivity index (χ0n) is 13.1. The second kappa shape index (κ2) is 7.62. The Morgan fingerprint density at radius 1 is 1.11 bits per heavy atom. The fourth-order valence-electron chi connectivity index (χ4n) is 1.40. The molecule has 0 aromatic carbocycles. The van der Waals surface area contributed by atoms with Gasteiger partial charge in [0.1, 0.15) is 5.60 Å². The van der Waals surface area contributed by atoms with Crippen LogP contribution < -0.4 is 0 Å². The van der Waals surface area contributed by atoms with Crippen LogP contribution in [0, 0.1) is 0 Å². The maximum absolute atomic E-state index is 11.7. The zero-order chi connectivity index (χ0) is 14.3. The molecule has 0 rings (SSSR count). The van der Waals surface area contributed by atoms with Gasteiger partial charge in [-0.05, 0) is 61.1 Å². The van der Waals surface area contributed by atoms with E-state index in [1.165, 1.54) is 0 Å². The lowest BCUT2D eigenvalue weighted by Gasteiger charge is -2.25. The number of carbonyl (C=O) groups excluding carboxylic acids is 1. The Morgan fingerprint density at radius 3 is 2.06 bits per heavy atom. The van der Waals surface area contributed by atoms with Gasteiger partial charge in [-0.3, -0.25) is 0 Å². The smallest absolute Gasteiger partial charge is 0.410 e. The van der Waals surface area contributed by atoms with Crippen molar-refractivity contribution in [1.29, 1.82) is 0 Å². The van der Waals surface area contributed by atoms with Crippen LogP contribution >= 0.6 is 0 Å². The van der Waals surface area contributed by atoms with Crippen molar-refractivity contribution in [1.82, 2.24) is 9.80 Å². The van der Waals surface area contributed by atoms with Crippen LogP contribution in [0.25, 0.3) is 0 Å². The average Bonchev–Trinajstić information content (AvgIpc) is 2.20.